The van der Waals surface area contributed by atoms with Gasteiger partial charge in [-0.2, -0.15) is 0 Å². The number of nitrogens with one attached hydrogen (secondary N) is 1. The lowest BCUT2D eigenvalue weighted by Crippen LogP contribution is -2.30. The van der Waals surface area contributed by atoms with Crippen LogP contribution < -0.4 is 10.2 Å². The van der Waals surface area contributed by atoms with Crippen molar-refractivity contribution in [3.8, 4) is 0 Å². The Morgan fingerprint density at radius 1 is 1.30 bits per heavy atom. The van der Waals surface area contributed by atoms with E-state index in [0.717, 1.165) is 11.3 Å². The van der Waals surface area contributed by atoms with Gasteiger partial charge in [-0.15, -0.1) is 0 Å². The van der Waals surface area contributed by atoms with Crippen LogP contribution in [-0.4, -0.2) is 37.6 Å². The topological polar surface area (TPSA) is 69.6 Å². The average Bonchev–Trinajstić information content (AvgIpc) is 2.42. The van der Waals surface area contributed by atoms with E-state index in [1.165, 1.54) is 6.08 Å². The average molecular weight is 276 g/mol. The van der Waals surface area contributed by atoms with E-state index in [-0.39, 0.29) is 12.5 Å². The summed E-state index contributed by atoms with van der Waals surface area (Å²) in [5.74, 6) is -1.81. The summed E-state index contributed by atoms with van der Waals surface area (Å²) < 4.78 is 0. The number of anilines is 1. The molecule has 5 heteroatoms. The Labute approximate surface area is 118 Å². The third-order valence-electron chi connectivity index (χ3n) is 2.84. The number of rotatable bonds is 6. The number of nitrogens with zero attached hydrogens (tertiary/aromatic N) is 1. The van der Waals surface area contributed by atoms with Gasteiger partial charge in [0, 0.05) is 32.4 Å². The Balaban J connectivity index is 2.50. The minimum atomic E-state index is -0.923. The molecule has 0 radical (unpaired) electrons. The Kier molecular flexibility index (Phi) is 5.77. The minimum absolute atomic E-state index is 0.123. The van der Waals surface area contributed by atoms with Gasteiger partial charge in [-0.1, -0.05) is 19.1 Å². The van der Waals surface area contributed by atoms with Gasteiger partial charge < -0.3 is 15.3 Å². The fourth-order valence-electron chi connectivity index (χ4n) is 1.46. The van der Waals surface area contributed by atoms with Crippen LogP contribution in [0.3, 0.4) is 0 Å². The number of carboxylic acid groups (broad SMARTS) is 1. The number of amides is 1. The van der Waals surface area contributed by atoms with E-state index in [4.69, 9.17) is 5.11 Å². The van der Waals surface area contributed by atoms with Crippen molar-refractivity contribution in [2.45, 2.75) is 6.92 Å². The zero-order chi connectivity index (χ0) is 15.1. The first-order valence-corrected chi connectivity index (χ1v) is 6.36. The van der Waals surface area contributed by atoms with Gasteiger partial charge in [0.2, 0.25) is 5.91 Å². The molecule has 1 aromatic rings. The molecule has 0 spiro atoms. The molecule has 1 atom stereocenters. The van der Waals surface area contributed by atoms with E-state index < -0.39 is 11.9 Å². The number of aliphatic carboxylic acids is 1. The molecule has 0 aliphatic rings. The molecule has 0 aromatic heterocycles. The molecule has 0 aliphatic heterocycles. The van der Waals surface area contributed by atoms with Crippen LogP contribution in [0.5, 0.6) is 0 Å². The third kappa shape index (κ3) is 5.14. The second-order valence-electron chi connectivity index (χ2n) is 4.80. The molecule has 0 saturated carbocycles. The molecule has 2 N–H and O–H groups in total. The zero-order valence-electron chi connectivity index (χ0n) is 12.0. The maximum absolute atomic E-state index is 11.5. The van der Waals surface area contributed by atoms with Crippen molar-refractivity contribution in [3.05, 3.63) is 35.9 Å². The predicted octanol–water partition coefficient (Wildman–Crippen LogP) is 1.60. The van der Waals surface area contributed by atoms with Gasteiger partial charge in [0.1, 0.15) is 0 Å². The van der Waals surface area contributed by atoms with Crippen LogP contribution in [0.15, 0.2) is 30.3 Å². The molecule has 0 fully saturated rings. The smallest absolute Gasteiger partial charge is 0.308 e. The number of hydrogen-bond acceptors (Lipinski definition) is 3. The maximum atomic E-state index is 11.5. The van der Waals surface area contributed by atoms with E-state index in [0.29, 0.717) is 0 Å². The van der Waals surface area contributed by atoms with Gasteiger partial charge in [0.05, 0.1) is 5.92 Å². The fourth-order valence-corrected chi connectivity index (χ4v) is 1.46. The first kappa shape index (κ1) is 15.8. The van der Waals surface area contributed by atoms with Gasteiger partial charge in [-0.25, -0.2) is 0 Å². The minimum Gasteiger partial charge on any atom is -0.481 e. The summed E-state index contributed by atoms with van der Waals surface area (Å²) in [5.41, 5.74) is 2.00. The van der Waals surface area contributed by atoms with Crippen molar-refractivity contribution in [2.24, 2.45) is 5.92 Å². The van der Waals surface area contributed by atoms with Crippen LogP contribution in [-0.2, 0) is 9.59 Å². The molecule has 0 saturated heterocycles. The Morgan fingerprint density at radius 2 is 1.90 bits per heavy atom. The second kappa shape index (κ2) is 7.33. The molecule has 1 rings (SSSR count). The molecular formula is C15H20N2O3. The highest BCUT2D eigenvalue weighted by molar-refractivity contribution is 5.92. The maximum Gasteiger partial charge on any atom is 0.308 e. The molecular weight excluding hydrogens is 256 g/mol. The molecule has 5 nitrogen and oxygen atoms in total. The lowest BCUT2D eigenvalue weighted by molar-refractivity contribution is -0.141. The molecule has 0 heterocycles. The third-order valence-corrected chi connectivity index (χ3v) is 2.84. The molecule has 0 bridgehead atoms. The van der Waals surface area contributed by atoms with Crippen LogP contribution in [0.2, 0.25) is 0 Å². The van der Waals surface area contributed by atoms with E-state index in [9.17, 15) is 9.59 Å². The summed E-state index contributed by atoms with van der Waals surface area (Å²) in [7, 11) is 3.92. The van der Waals surface area contributed by atoms with Crippen molar-refractivity contribution >= 4 is 23.6 Å². The standard InChI is InChI=1S/C15H20N2O3/c1-11(15(19)20)10-16-14(18)9-6-12-4-7-13(8-5-12)17(2)3/h4-9,11H,10H2,1-3H3,(H,16,18)(H,19,20). The van der Waals surface area contributed by atoms with E-state index >= 15 is 0 Å². The lowest BCUT2D eigenvalue weighted by atomic mass is 10.1. The highest BCUT2D eigenvalue weighted by Gasteiger charge is 2.10. The van der Waals surface area contributed by atoms with Crippen molar-refractivity contribution in [3.63, 3.8) is 0 Å². The van der Waals surface area contributed by atoms with E-state index in [1.54, 1.807) is 13.0 Å². The van der Waals surface area contributed by atoms with E-state index in [2.05, 4.69) is 5.32 Å². The first-order chi connectivity index (χ1) is 9.40. The number of carbonyl (C=O) groups is 2. The molecule has 0 aliphatic carbocycles. The SMILES string of the molecule is CC(CNC(=O)C=Cc1ccc(N(C)C)cc1)C(=O)O. The first-order valence-electron chi connectivity index (χ1n) is 6.36. The zero-order valence-corrected chi connectivity index (χ0v) is 12.0. The Morgan fingerprint density at radius 3 is 2.40 bits per heavy atom. The van der Waals surface area contributed by atoms with Crippen molar-refractivity contribution < 1.29 is 14.7 Å². The highest BCUT2D eigenvalue weighted by atomic mass is 16.4. The van der Waals surface area contributed by atoms with Crippen LogP contribution in [0.25, 0.3) is 6.08 Å². The van der Waals surface area contributed by atoms with Crippen LogP contribution in [0, 0.1) is 5.92 Å². The number of carboxylic acids is 1. The number of benzene rings is 1. The number of hydrogen-bond donors (Lipinski definition) is 2. The summed E-state index contributed by atoms with van der Waals surface area (Å²) in [6.07, 6.45) is 3.10. The van der Waals surface area contributed by atoms with Gasteiger partial charge in [-0.05, 0) is 23.8 Å². The normalized spacial score (nSPS) is 12.2. The largest absolute Gasteiger partial charge is 0.481 e. The highest BCUT2D eigenvalue weighted by Crippen LogP contribution is 2.12. The quantitative estimate of drug-likeness (QED) is 0.774. The monoisotopic (exact) mass is 276 g/mol. The van der Waals surface area contributed by atoms with Gasteiger partial charge in [0.25, 0.3) is 0 Å². The molecule has 1 aromatic carbocycles. The van der Waals surface area contributed by atoms with Crippen molar-refractivity contribution in [1.82, 2.24) is 5.32 Å². The van der Waals surface area contributed by atoms with Crippen LogP contribution in [0.4, 0.5) is 5.69 Å². The Bertz CT molecular complexity index is 492. The molecule has 20 heavy (non-hydrogen) atoms. The summed E-state index contributed by atoms with van der Waals surface area (Å²) in [5, 5.41) is 11.2. The van der Waals surface area contributed by atoms with Crippen molar-refractivity contribution in [2.75, 3.05) is 25.5 Å². The summed E-state index contributed by atoms with van der Waals surface area (Å²) >= 11 is 0. The van der Waals surface area contributed by atoms with Gasteiger partial charge in [0.15, 0.2) is 0 Å². The Hall–Kier alpha value is -2.30. The lowest BCUT2D eigenvalue weighted by Gasteiger charge is -2.11. The molecule has 1 amide bonds. The molecule has 1 unspecified atom stereocenters. The number of carbonyl (C=O) groups excluding carboxylic acids is 1. The fraction of sp³-hybridized carbons (Fsp3) is 0.333. The molecule has 108 valence electrons. The second-order valence-corrected chi connectivity index (χ2v) is 4.80. The van der Waals surface area contributed by atoms with Crippen LogP contribution >= 0.6 is 0 Å². The summed E-state index contributed by atoms with van der Waals surface area (Å²) in [6, 6.07) is 7.76. The van der Waals surface area contributed by atoms with Crippen molar-refractivity contribution in [1.29, 1.82) is 0 Å². The summed E-state index contributed by atoms with van der Waals surface area (Å²) in [4.78, 5) is 24.1. The summed E-state index contributed by atoms with van der Waals surface area (Å²) in [6.45, 7) is 1.67. The van der Waals surface area contributed by atoms with Crippen LogP contribution in [0.1, 0.15) is 12.5 Å². The van der Waals surface area contributed by atoms with Gasteiger partial charge in [-0.3, -0.25) is 9.59 Å². The van der Waals surface area contributed by atoms with E-state index in [1.807, 2.05) is 43.3 Å². The van der Waals surface area contributed by atoms with Gasteiger partial charge >= 0.3 is 5.97 Å². The predicted molar refractivity (Wildman–Crippen MR) is 79.6 cm³/mol.